The molecule has 0 radical (unpaired) electrons. The quantitative estimate of drug-likeness (QED) is 0.724. The van der Waals surface area contributed by atoms with Crippen molar-refractivity contribution >= 4 is 11.9 Å². The molecule has 1 aromatic heterocycles. The maximum Gasteiger partial charge on any atom is 0.246 e. The van der Waals surface area contributed by atoms with E-state index in [1.54, 1.807) is 16.6 Å². The maximum atomic E-state index is 11.9. The van der Waals surface area contributed by atoms with E-state index in [9.17, 15) is 4.79 Å². The van der Waals surface area contributed by atoms with Crippen molar-refractivity contribution in [2.45, 2.75) is 19.9 Å². The molecule has 1 amide bonds. The number of nitrogens with zero attached hydrogens (tertiary/aromatic N) is 6. The lowest BCUT2D eigenvalue weighted by atomic mass is 10.4. The Balaban J connectivity index is 2.06. The first-order chi connectivity index (χ1) is 9.22. The first kappa shape index (κ1) is 13.7. The molecule has 1 aromatic rings. The molecule has 0 aliphatic carbocycles. The SMILES string of the molecule is CCN(C)C(=O)Cn1nnnc1N1CCCOCC1. The molecule has 106 valence electrons. The molecule has 0 unspecified atom stereocenters. The highest BCUT2D eigenvalue weighted by Gasteiger charge is 2.19. The third kappa shape index (κ3) is 3.40. The van der Waals surface area contributed by atoms with Gasteiger partial charge in [0, 0.05) is 33.3 Å². The molecule has 2 rings (SSSR count). The highest BCUT2D eigenvalue weighted by atomic mass is 16.5. The van der Waals surface area contributed by atoms with Crippen LogP contribution < -0.4 is 4.90 Å². The van der Waals surface area contributed by atoms with Crippen LogP contribution in [0.4, 0.5) is 5.95 Å². The summed E-state index contributed by atoms with van der Waals surface area (Å²) >= 11 is 0. The van der Waals surface area contributed by atoms with Crippen LogP contribution in [0.1, 0.15) is 13.3 Å². The monoisotopic (exact) mass is 268 g/mol. The number of carbonyl (C=O) groups is 1. The van der Waals surface area contributed by atoms with Gasteiger partial charge in [-0.25, -0.2) is 4.68 Å². The van der Waals surface area contributed by atoms with Crippen molar-refractivity contribution in [1.29, 1.82) is 0 Å². The van der Waals surface area contributed by atoms with Gasteiger partial charge in [0.15, 0.2) is 0 Å². The third-order valence-electron chi connectivity index (χ3n) is 3.20. The highest BCUT2D eigenvalue weighted by molar-refractivity contribution is 5.75. The second-order valence-corrected chi connectivity index (χ2v) is 4.50. The van der Waals surface area contributed by atoms with Gasteiger partial charge in [0.25, 0.3) is 0 Å². The van der Waals surface area contributed by atoms with Gasteiger partial charge in [-0.3, -0.25) is 4.79 Å². The molecule has 0 saturated carbocycles. The summed E-state index contributed by atoms with van der Waals surface area (Å²) in [6, 6.07) is 0. The van der Waals surface area contributed by atoms with Crippen LogP contribution in [-0.2, 0) is 16.1 Å². The Morgan fingerprint density at radius 2 is 2.26 bits per heavy atom. The lowest BCUT2D eigenvalue weighted by Crippen LogP contribution is -2.33. The van der Waals surface area contributed by atoms with Crippen molar-refractivity contribution in [2.24, 2.45) is 0 Å². The fourth-order valence-electron chi connectivity index (χ4n) is 1.90. The number of aromatic nitrogens is 4. The van der Waals surface area contributed by atoms with Gasteiger partial charge < -0.3 is 14.5 Å². The van der Waals surface area contributed by atoms with E-state index < -0.39 is 0 Å². The average Bonchev–Trinajstić information content (AvgIpc) is 2.71. The van der Waals surface area contributed by atoms with Gasteiger partial charge in [-0.15, -0.1) is 0 Å². The first-order valence-corrected chi connectivity index (χ1v) is 6.55. The standard InChI is InChI=1S/C11H20N6O2/c1-3-15(2)10(18)9-17-11(12-13-14-17)16-5-4-7-19-8-6-16/h3-9H2,1-2H3. The summed E-state index contributed by atoms with van der Waals surface area (Å²) in [7, 11) is 1.77. The van der Waals surface area contributed by atoms with E-state index in [2.05, 4.69) is 20.4 Å². The number of amides is 1. The third-order valence-corrected chi connectivity index (χ3v) is 3.20. The number of hydrogen-bond acceptors (Lipinski definition) is 6. The second-order valence-electron chi connectivity index (χ2n) is 4.50. The maximum absolute atomic E-state index is 11.9. The minimum absolute atomic E-state index is 0.00196. The summed E-state index contributed by atoms with van der Waals surface area (Å²) in [6.07, 6.45) is 0.940. The van der Waals surface area contributed by atoms with E-state index >= 15 is 0 Å². The van der Waals surface area contributed by atoms with Crippen LogP contribution in [0.5, 0.6) is 0 Å². The molecule has 0 spiro atoms. The van der Waals surface area contributed by atoms with Gasteiger partial charge in [0.1, 0.15) is 6.54 Å². The van der Waals surface area contributed by atoms with E-state index in [1.165, 1.54) is 0 Å². The number of likely N-dealkylation sites (N-methyl/N-ethyl adjacent to an activating group) is 1. The molecular formula is C11H20N6O2. The molecule has 19 heavy (non-hydrogen) atoms. The zero-order valence-electron chi connectivity index (χ0n) is 11.4. The van der Waals surface area contributed by atoms with Gasteiger partial charge >= 0.3 is 0 Å². The lowest BCUT2D eigenvalue weighted by molar-refractivity contribution is -0.130. The summed E-state index contributed by atoms with van der Waals surface area (Å²) in [6.45, 7) is 5.80. The van der Waals surface area contributed by atoms with Crippen molar-refractivity contribution < 1.29 is 9.53 Å². The van der Waals surface area contributed by atoms with Crippen LogP contribution in [0.3, 0.4) is 0 Å². The molecule has 0 aromatic carbocycles. The van der Waals surface area contributed by atoms with Gasteiger partial charge in [0.2, 0.25) is 11.9 Å². The summed E-state index contributed by atoms with van der Waals surface area (Å²) in [5.41, 5.74) is 0. The largest absolute Gasteiger partial charge is 0.380 e. The van der Waals surface area contributed by atoms with Gasteiger partial charge in [0.05, 0.1) is 6.61 Å². The summed E-state index contributed by atoms with van der Waals surface area (Å²) in [4.78, 5) is 15.6. The molecule has 1 saturated heterocycles. The number of anilines is 1. The van der Waals surface area contributed by atoms with E-state index in [-0.39, 0.29) is 12.5 Å². The molecule has 0 N–H and O–H groups in total. The van der Waals surface area contributed by atoms with E-state index in [1.807, 2.05) is 6.92 Å². The topological polar surface area (TPSA) is 76.4 Å². The average molecular weight is 268 g/mol. The van der Waals surface area contributed by atoms with Crippen molar-refractivity contribution in [3.05, 3.63) is 0 Å². The Morgan fingerprint density at radius 3 is 3.05 bits per heavy atom. The molecule has 8 heteroatoms. The minimum Gasteiger partial charge on any atom is -0.380 e. The lowest BCUT2D eigenvalue weighted by Gasteiger charge is -2.20. The first-order valence-electron chi connectivity index (χ1n) is 6.55. The molecule has 1 aliphatic rings. The number of ether oxygens (including phenoxy) is 1. The van der Waals surface area contributed by atoms with Crippen LogP contribution >= 0.6 is 0 Å². The summed E-state index contributed by atoms with van der Waals surface area (Å²) in [5, 5.41) is 11.6. The number of carbonyl (C=O) groups excluding carboxylic acids is 1. The van der Waals surface area contributed by atoms with Crippen LogP contribution in [0.2, 0.25) is 0 Å². The Kier molecular flexibility index (Phi) is 4.67. The minimum atomic E-state index is 0.00196. The smallest absolute Gasteiger partial charge is 0.246 e. The summed E-state index contributed by atoms with van der Waals surface area (Å²) in [5.74, 6) is 0.644. The van der Waals surface area contributed by atoms with E-state index in [0.29, 0.717) is 19.1 Å². The van der Waals surface area contributed by atoms with Crippen molar-refractivity contribution in [2.75, 3.05) is 44.8 Å². The predicted octanol–water partition coefficient (Wildman–Crippen LogP) is -0.622. The van der Waals surface area contributed by atoms with E-state index in [4.69, 9.17) is 4.74 Å². The van der Waals surface area contributed by atoms with Crippen LogP contribution in [0, 0.1) is 0 Å². The van der Waals surface area contributed by atoms with E-state index in [0.717, 1.165) is 26.1 Å². The van der Waals surface area contributed by atoms with Crippen LogP contribution in [0.15, 0.2) is 0 Å². The van der Waals surface area contributed by atoms with Gasteiger partial charge in [-0.2, -0.15) is 0 Å². The van der Waals surface area contributed by atoms with Crippen LogP contribution in [-0.4, -0.2) is 70.9 Å². The zero-order valence-corrected chi connectivity index (χ0v) is 11.4. The zero-order chi connectivity index (χ0) is 13.7. The molecular weight excluding hydrogens is 248 g/mol. The number of hydrogen-bond donors (Lipinski definition) is 0. The van der Waals surface area contributed by atoms with Crippen LogP contribution in [0.25, 0.3) is 0 Å². The van der Waals surface area contributed by atoms with Gasteiger partial charge in [-0.05, 0) is 23.8 Å². The molecule has 0 bridgehead atoms. The second kappa shape index (κ2) is 6.46. The fraction of sp³-hybridized carbons (Fsp3) is 0.818. The number of rotatable bonds is 4. The predicted molar refractivity (Wildman–Crippen MR) is 68.8 cm³/mol. The van der Waals surface area contributed by atoms with Gasteiger partial charge in [-0.1, -0.05) is 5.10 Å². The molecule has 1 aliphatic heterocycles. The van der Waals surface area contributed by atoms with Crippen molar-refractivity contribution in [1.82, 2.24) is 25.1 Å². The Labute approximate surface area is 112 Å². The Hall–Kier alpha value is -1.70. The molecule has 0 atom stereocenters. The normalized spacial score (nSPS) is 16.2. The summed E-state index contributed by atoms with van der Waals surface area (Å²) < 4.78 is 6.96. The Morgan fingerprint density at radius 1 is 1.42 bits per heavy atom. The van der Waals surface area contributed by atoms with Crippen molar-refractivity contribution in [3.8, 4) is 0 Å². The van der Waals surface area contributed by atoms with Crippen molar-refractivity contribution in [3.63, 3.8) is 0 Å². The molecule has 1 fully saturated rings. The molecule has 2 heterocycles. The Bertz CT molecular complexity index is 413. The molecule has 8 nitrogen and oxygen atoms in total. The fourth-order valence-corrected chi connectivity index (χ4v) is 1.90. The number of tetrazole rings is 1. The highest BCUT2D eigenvalue weighted by Crippen LogP contribution is 2.11.